The number of rotatable bonds is 7. The van der Waals surface area contributed by atoms with Crippen LogP contribution in [-0.2, 0) is 4.74 Å². The van der Waals surface area contributed by atoms with Gasteiger partial charge in [-0.3, -0.25) is 9.78 Å². The summed E-state index contributed by atoms with van der Waals surface area (Å²) >= 11 is 0. The van der Waals surface area contributed by atoms with Crippen LogP contribution in [0.3, 0.4) is 0 Å². The van der Waals surface area contributed by atoms with Crippen LogP contribution >= 0.6 is 0 Å². The standard InChI is InChI=1S/C25H28FN3O3.3H2/c1-31-15-23(29-25(30)18-7-10-24(32-2)28-14-18)17-5-3-16(4-6-17)20-11-12-27-22-9-8-19(26)13-21(20)22;;;/h7-14,16-17,23H,3-6,15H2,1-2H3,(H,29,30);3*1H/t16?,17?,23-;;;/m0.../s1. The molecule has 1 N–H and O–H groups in total. The van der Waals surface area contributed by atoms with Gasteiger partial charge in [-0.05, 0) is 73.4 Å². The molecule has 0 aliphatic heterocycles. The lowest BCUT2D eigenvalue weighted by molar-refractivity contribution is 0.0818. The van der Waals surface area contributed by atoms with Crippen LogP contribution < -0.4 is 10.1 Å². The first-order valence-corrected chi connectivity index (χ1v) is 10.9. The van der Waals surface area contributed by atoms with Gasteiger partial charge in [0.05, 0.1) is 30.8 Å². The van der Waals surface area contributed by atoms with E-state index in [9.17, 15) is 9.18 Å². The Labute approximate surface area is 191 Å². The van der Waals surface area contributed by atoms with E-state index in [4.69, 9.17) is 9.47 Å². The second-order valence-electron chi connectivity index (χ2n) is 8.30. The van der Waals surface area contributed by atoms with Gasteiger partial charge in [0, 0.05) is 35.2 Å². The largest absolute Gasteiger partial charge is 0.481 e. The summed E-state index contributed by atoms with van der Waals surface area (Å²) in [5, 5.41) is 4.02. The summed E-state index contributed by atoms with van der Waals surface area (Å²) in [4.78, 5) is 21.2. The van der Waals surface area contributed by atoms with E-state index in [-0.39, 0.29) is 22.0 Å². The average molecular weight is 444 g/mol. The molecule has 0 radical (unpaired) electrons. The number of aromatic nitrogens is 2. The van der Waals surface area contributed by atoms with Gasteiger partial charge in [-0.25, -0.2) is 9.37 Å². The van der Waals surface area contributed by atoms with Gasteiger partial charge in [0.15, 0.2) is 0 Å². The summed E-state index contributed by atoms with van der Waals surface area (Å²) in [6.45, 7) is 0.452. The minimum atomic E-state index is -0.240. The number of fused-ring (bicyclic) bond motifs is 1. The maximum Gasteiger partial charge on any atom is 0.253 e. The molecule has 3 aromatic rings. The highest BCUT2D eigenvalue weighted by atomic mass is 19.1. The predicted molar refractivity (Wildman–Crippen MR) is 127 cm³/mol. The first-order valence-electron chi connectivity index (χ1n) is 10.9. The quantitative estimate of drug-likeness (QED) is 0.541. The fourth-order valence-electron chi connectivity index (χ4n) is 4.69. The van der Waals surface area contributed by atoms with E-state index in [0.717, 1.165) is 42.1 Å². The number of pyridine rings is 2. The third-order valence-electron chi connectivity index (χ3n) is 6.39. The van der Waals surface area contributed by atoms with E-state index in [0.29, 0.717) is 29.9 Å². The predicted octanol–water partition coefficient (Wildman–Crippen LogP) is 5.23. The molecule has 174 valence electrons. The van der Waals surface area contributed by atoms with Crippen molar-refractivity contribution in [2.75, 3.05) is 20.8 Å². The van der Waals surface area contributed by atoms with Gasteiger partial charge < -0.3 is 14.8 Å². The van der Waals surface area contributed by atoms with Crippen molar-refractivity contribution >= 4 is 16.8 Å². The third kappa shape index (κ3) is 4.88. The lowest BCUT2D eigenvalue weighted by Gasteiger charge is -2.34. The van der Waals surface area contributed by atoms with E-state index in [1.54, 1.807) is 37.6 Å². The molecule has 1 amide bonds. The number of nitrogens with one attached hydrogen (secondary N) is 1. The number of carbonyl (C=O) groups is 1. The Balaban J connectivity index is 0.00000204. The fourth-order valence-corrected chi connectivity index (χ4v) is 4.69. The average Bonchev–Trinajstić information content (AvgIpc) is 2.83. The highest BCUT2D eigenvalue weighted by Crippen LogP contribution is 2.39. The molecule has 2 aromatic heterocycles. The van der Waals surface area contributed by atoms with Crippen molar-refractivity contribution in [1.82, 2.24) is 15.3 Å². The van der Waals surface area contributed by atoms with Gasteiger partial charge in [0.25, 0.3) is 5.91 Å². The first-order chi connectivity index (χ1) is 15.6. The summed E-state index contributed by atoms with van der Waals surface area (Å²) in [7, 11) is 3.19. The monoisotopic (exact) mass is 443 g/mol. The number of hydrogen-bond donors (Lipinski definition) is 1. The molecular weight excluding hydrogens is 409 g/mol. The first kappa shape index (κ1) is 22.1. The van der Waals surface area contributed by atoms with E-state index in [1.165, 1.54) is 19.4 Å². The Morgan fingerprint density at radius 3 is 2.66 bits per heavy atom. The van der Waals surface area contributed by atoms with Gasteiger partial charge in [0.1, 0.15) is 5.82 Å². The minimum Gasteiger partial charge on any atom is -0.481 e. The third-order valence-corrected chi connectivity index (χ3v) is 6.39. The molecular formula is C25H34FN3O3. The van der Waals surface area contributed by atoms with Crippen LogP contribution in [0.5, 0.6) is 5.88 Å². The molecule has 0 unspecified atom stereocenters. The Morgan fingerprint density at radius 1 is 1.16 bits per heavy atom. The minimum absolute atomic E-state index is 0. The van der Waals surface area contributed by atoms with Gasteiger partial charge in [-0.1, -0.05) is 0 Å². The summed E-state index contributed by atoms with van der Waals surface area (Å²) in [6, 6.07) is 10.1. The van der Waals surface area contributed by atoms with Crippen molar-refractivity contribution in [3.8, 4) is 5.88 Å². The van der Waals surface area contributed by atoms with Crippen LogP contribution in [0.25, 0.3) is 10.9 Å². The zero-order valence-electron chi connectivity index (χ0n) is 18.4. The molecule has 7 heteroatoms. The molecule has 2 heterocycles. The van der Waals surface area contributed by atoms with Crippen molar-refractivity contribution in [3.05, 3.63) is 65.7 Å². The number of halogens is 1. The molecule has 32 heavy (non-hydrogen) atoms. The molecule has 1 aromatic carbocycles. The Bertz CT molecular complexity index is 1080. The Kier molecular flexibility index (Phi) is 6.95. The lowest BCUT2D eigenvalue weighted by Crippen LogP contribution is -2.44. The molecule has 0 saturated heterocycles. The topological polar surface area (TPSA) is 73.3 Å². The number of amides is 1. The number of benzene rings is 1. The summed E-state index contributed by atoms with van der Waals surface area (Å²) in [6.07, 6.45) is 7.18. The smallest absolute Gasteiger partial charge is 0.253 e. The summed E-state index contributed by atoms with van der Waals surface area (Å²) < 4.78 is 24.3. The van der Waals surface area contributed by atoms with E-state index in [1.807, 2.05) is 6.07 Å². The van der Waals surface area contributed by atoms with E-state index < -0.39 is 0 Å². The molecule has 6 nitrogen and oxygen atoms in total. The molecule has 0 bridgehead atoms. The molecule has 1 saturated carbocycles. The zero-order chi connectivity index (χ0) is 22.5. The van der Waals surface area contributed by atoms with Crippen LogP contribution in [0.15, 0.2) is 48.8 Å². The van der Waals surface area contributed by atoms with Crippen LogP contribution in [0.4, 0.5) is 4.39 Å². The number of carbonyl (C=O) groups excluding carboxylic acids is 1. The van der Waals surface area contributed by atoms with Crippen LogP contribution in [-0.4, -0.2) is 42.7 Å². The fraction of sp³-hybridized carbons (Fsp3) is 0.400. The molecule has 0 spiro atoms. The SMILES string of the molecule is COC[C@H](NC(=O)c1ccc(OC)nc1)C1CCC(c2ccnc3ccc(F)cc23)CC1.[HH].[HH].[HH]. The summed E-state index contributed by atoms with van der Waals surface area (Å²) in [5.41, 5.74) is 2.47. The molecule has 1 aliphatic carbocycles. The maximum atomic E-state index is 13.8. The van der Waals surface area contributed by atoms with Gasteiger partial charge in [-0.15, -0.1) is 0 Å². The number of ether oxygens (including phenoxy) is 2. The molecule has 1 aliphatic rings. The molecule has 1 atom stereocenters. The number of nitrogens with zero attached hydrogens (tertiary/aromatic N) is 2. The second-order valence-corrected chi connectivity index (χ2v) is 8.30. The Morgan fingerprint density at radius 2 is 1.97 bits per heavy atom. The van der Waals surface area contributed by atoms with Gasteiger partial charge in [-0.2, -0.15) is 0 Å². The van der Waals surface area contributed by atoms with Crippen molar-refractivity contribution in [2.24, 2.45) is 5.92 Å². The second kappa shape index (κ2) is 10.0. The van der Waals surface area contributed by atoms with Crippen molar-refractivity contribution in [1.29, 1.82) is 0 Å². The van der Waals surface area contributed by atoms with Crippen molar-refractivity contribution < 1.29 is 22.9 Å². The molecule has 1 fully saturated rings. The van der Waals surface area contributed by atoms with Crippen LogP contribution in [0.1, 0.15) is 51.8 Å². The van der Waals surface area contributed by atoms with Gasteiger partial charge >= 0.3 is 0 Å². The van der Waals surface area contributed by atoms with E-state index in [2.05, 4.69) is 15.3 Å². The highest BCUT2D eigenvalue weighted by Gasteiger charge is 2.30. The maximum absolute atomic E-state index is 13.8. The number of methoxy groups -OCH3 is 2. The van der Waals surface area contributed by atoms with E-state index >= 15 is 0 Å². The lowest BCUT2D eigenvalue weighted by atomic mass is 9.75. The Hall–Kier alpha value is -3.06. The van der Waals surface area contributed by atoms with Crippen LogP contribution in [0.2, 0.25) is 0 Å². The van der Waals surface area contributed by atoms with Crippen LogP contribution in [0, 0.1) is 11.7 Å². The van der Waals surface area contributed by atoms with Crippen molar-refractivity contribution in [2.45, 2.75) is 37.6 Å². The number of hydrogen-bond acceptors (Lipinski definition) is 5. The normalized spacial score (nSPS) is 19.5. The zero-order valence-corrected chi connectivity index (χ0v) is 18.4. The summed E-state index contributed by atoms with van der Waals surface area (Å²) in [5.74, 6) is 0.725. The van der Waals surface area contributed by atoms with Crippen molar-refractivity contribution in [3.63, 3.8) is 0 Å². The highest BCUT2D eigenvalue weighted by molar-refractivity contribution is 5.94. The molecule has 4 rings (SSSR count). The van der Waals surface area contributed by atoms with Gasteiger partial charge in [0.2, 0.25) is 5.88 Å².